The lowest BCUT2D eigenvalue weighted by Gasteiger charge is -2.14. The minimum Gasteiger partial charge on any atom is -0.372 e. The predicted octanol–water partition coefficient (Wildman–Crippen LogP) is 2.26. The normalized spacial score (nSPS) is 14.2. The molecule has 1 atom stereocenters. The van der Waals surface area contributed by atoms with Gasteiger partial charge in [-0.05, 0) is 30.2 Å². The van der Waals surface area contributed by atoms with E-state index in [1.807, 2.05) is 25.1 Å². The van der Waals surface area contributed by atoms with E-state index < -0.39 is 0 Å². The van der Waals surface area contributed by atoms with Gasteiger partial charge in [0, 0.05) is 36.7 Å². The van der Waals surface area contributed by atoms with E-state index in [0.29, 0.717) is 19.6 Å². The van der Waals surface area contributed by atoms with Crippen LogP contribution in [-0.2, 0) is 24.4 Å². The molecular formula is C16H18N4O2. The summed E-state index contributed by atoms with van der Waals surface area (Å²) in [5.41, 5.74) is 3.94. The van der Waals surface area contributed by atoms with Crippen molar-refractivity contribution in [3.05, 3.63) is 53.6 Å². The van der Waals surface area contributed by atoms with Crippen LogP contribution in [0.5, 0.6) is 0 Å². The largest absolute Gasteiger partial charge is 0.372 e. The highest BCUT2D eigenvalue weighted by Crippen LogP contribution is 2.23. The highest BCUT2D eigenvalue weighted by Gasteiger charge is 2.13. The third-order valence-electron chi connectivity index (χ3n) is 3.49. The Hall–Kier alpha value is -2.47. The quantitative estimate of drug-likeness (QED) is 0.907. The molecule has 0 saturated heterocycles. The number of hydrogen-bond acceptors (Lipinski definition) is 4. The number of hydrogen-bond donors (Lipinski definition) is 2. The lowest BCUT2D eigenvalue weighted by atomic mass is 10.1. The summed E-state index contributed by atoms with van der Waals surface area (Å²) in [5, 5.41) is 5.74. The molecule has 1 aromatic heterocycles. The minimum atomic E-state index is -0.227. The monoisotopic (exact) mass is 298 g/mol. The first-order valence-corrected chi connectivity index (χ1v) is 7.22. The summed E-state index contributed by atoms with van der Waals surface area (Å²) < 4.78 is 5.36. The first kappa shape index (κ1) is 14.5. The number of anilines is 1. The zero-order valence-electron chi connectivity index (χ0n) is 12.4. The Kier molecular flexibility index (Phi) is 4.29. The van der Waals surface area contributed by atoms with Crippen LogP contribution in [0.15, 0.2) is 36.8 Å². The van der Waals surface area contributed by atoms with Gasteiger partial charge in [-0.25, -0.2) is 4.79 Å². The molecule has 0 saturated carbocycles. The Labute approximate surface area is 128 Å². The van der Waals surface area contributed by atoms with Crippen LogP contribution in [0.2, 0.25) is 0 Å². The van der Waals surface area contributed by atoms with Crippen LogP contribution >= 0.6 is 0 Å². The van der Waals surface area contributed by atoms with Crippen molar-refractivity contribution < 1.29 is 9.53 Å². The molecule has 0 radical (unpaired) electrons. The maximum Gasteiger partial charge on any atom is 0.319 e. The number of carbonyl (C=O) groups excluding carboxylic acids is 1. The Morgan fingerprint density at radius 2 is 2.18 bits per heavy atom. The number of aromatic nitrogens is 2. The first-order chi connectivity index (χ1) is 10.7. The minimum absolute atomic E-state index is 0.0329. The summed E-state index contributed by atoms with van der Waals surface area (Å²) >= 11 is 0. The summed E-state index contributed by atoms with van der Waals surface area (Å²) in [6.45, 7) is 3.19. The van der Waals surface area contributed by atoms with Crippen molar-refractivity contribution in [3.63, 3.8) is 0 Å². The van der Waals surface area contributed by atoms with Crippen LogP contribution < -0.4 is 10.6 Å². The Balaban J connectivity index is 1.54. The number of rotatable bonds is 4. The van der Waals surface area contributed by atoms with Gasteiger partial charge in [-0.1, -0.05) is 6.07 Å². The standard InChI is InChI=1S/C16H18N4O2/c1-11(6-15-8-17-4-5-18-15)19-16(21)20-14-3-2-12-9-22-10-13(12)7-14/h2-5,7-8,11H,6,9-10H2,1H3,(H2,19,20,21)/t11-/m0/s1. The molecule has 6 nitrogen and oxygen atoms in total. The molecule has 22 heavy (non-hydrogen) atoms. The molecule has 2 amide bonds. The topological polar surface area (TPSA) is 76.1 Å². The number of nitrogens with zero attached hydrogens (tertiary/aromatic N) is 2. The van der Waals surface area contributed by atoms with E-state index in [-0.39, 0.29) is 12.1 Å². The number of carbonyl (C=O) groups is 1. The van der Waals surface area contributed by atoms with Crippen LogP contribution in [0.4, 0.5) is 10.5 Å². The summed E-state index contributed by atoms with van der Waals surface area (Å²) in [6.07, 6.45) is 5.62. The van der Waals surface area contributed by atoms with Crippen molar-refractivity contribution in [3.8, 4) is 0 Å². The fourth-order valence-electron chi connectivity index (χ4n) is 2.44. The third kappa shape index (κ3) is 3.59. The highest BCUT2D eigenvalue weighted by molar-refractivity contribution is 5.89. The predicted molar refractivity (Wildman–Crippen MR) is 82.3 cm³/mol. The molecule has 0 fully saturated rings. The summed E-state index contributed by atoms with van der Waals surface area (Å²) in [4.78, 5) is 20.2. The molecule has 1 aliphatic rings. The summed E-state index contributed by atoms with van der Waals surface area (Å²) in [6, 6.07) is 5.57. The van der Waals surface area contributed by atoms with Crippen molar-refractivity contribution in [2.75, 3.05) is 5.32 Å². The third-order valence-corrected chi connectivity index (χ3v) is 3.49. The molecule has 6 heteroatoms. The molecule has 0 bridgehead atoms. The second kappa shape index (κ2) is 6.53. The number of nitrogens with one attached hydrogen (secondary N) is 2. The average molecular weight is 298 g/mol. The maximum absolute atomic E-state index is 12.0. The molecule has 2 aromatic rings. The Morgan fingerprint density at radius 1 is 1.32 bits per heavy atom. The van der Waals surface area contributed by atoms with E-state index in [9.17, 15) is 4.79 Å². The van der Waals surface area contributed by atoms with Crippen molar-refractivity contribution in [2.45, 2.75) is 32.6 Å². The number of urea groups is 1. The fraction of sp³-hybridized carbons (Fsp3) is 0.312. The van der Waals surface area contributed by atoms with Gasteiger partial charge in [0.05, 0.1) is 18.9 Å². The van der Waals surface area contributed by atoms with Crippen LogP contribution in [0.3, 0.4) is 0 Å². The van der Waals surface area contributed by atoms with Crippen LogP contribution in [0.1, 0.15) is 23.7 Å². The number of benzene rings is 1. The van der Waals surface area contributed by atoms with Crippen LogP contribution in [0.25, 0.3) is 0 Å². The van der Waals surface area contributed by atoms with Gasteiger partial charge < -0.3 is 15.4 Å². The Morgan fingerprint density at radius 3 is 3.00 bits per heavy atom. The maximum atomic E-state index is 12.0. The van der Waals surface area contributed by atoms with Gasteiger partial charge in [0.15, 0.2) is 0 Å². The van der Waals surface area contributed by atoms with E-state index >= 15 is 0 Å². The molecule has 3 rings (SSSR count). The number of amides is 2. The average Bonchev–Trinajstić information content (AvgIpc) is 2.95. The zero-order valence-corrected chi connectivity index (χ0v) is 12.4. The van der Waals surface area contributed by atoms with Crippen molar-refractivity contribution in [1.82, 2.24) is 15.3 Å². The van der Waals surface area contributed by atoms with E-state index in [4.69, 9.17) is 4.74 Å². The zero-order chi connectivity index (χ0) is 15.4. The van der Waals surface area contributed by atoms with Gasteiger partial charge in [-0.3, -0.25) is 9.97 Å². The van der Waals surface area contributed by atoms with E-state index in [1.54, 1.807) is 18.6 Å². The van der Waals surface area contributed by atoms with Gasteiger partial charge >= 0.3 is 6.03 Å². The van der Waals surface area contributed by atoms with Gasteiger partial charge in [-0.2, -0.15) is 0 Å². The molecule has 114 valence electrons. The van der Waals surface area contributed by atoms with Crippen molar-refractivity contribution in [2.24, 2.45) is 0 Å². The van der Waals surface area contributed by atoms with Crippen LogP contribution in [-0.4, -0.2) is 22.0 Å². The summed E-state index contributed by atoms with van der Waals surface area (Å²) in [5.74, 6) is 0. The number of fused-ring (bicyclic) bond motifs is 1. The highest BCUT2D eigenvalue weighted by atomic mass is 16.5. The second-order valence-corrected chi connectivity index (χ2v) is 5.38. The second-order valence-electron chi connectivity index (χ2n) is 5.38. The van der Waals surface area contributed by atoms with E-state index in [2.05, 4.69) is 20.6 Å². The molecule has 0 aliphatic carbocycles. The van der Waals surface area contributed by atoms with E-state index in [1.165, 1.54) is 5.56 Å². The van der Waals surface area contributed by atoms with Gasteiger partial charge in [0.25, 0.3) is 0 Å². The molecule has 2 heterocycles. The molecule has 1 aromatic carbocycles. The van der Waals surface area contributed by atoms with Crippen molar-refractivity contribution in [1.29, 1.82) is 0 Å². The smallest absolute Gasteiger partial charge is 0.319 e. The summed E-state index contributed by atoms with van der Waals surface area (Å²) in [7, 11) is 0. The molecule has 1 aliphatic heterocycles. The molecule has 2 N–H and O–H groups in total. The van der Waals surface area contributed by atoms with Crippen LogP contribution in [0, 0.1) is 0 Å². The first-order valence-electron chi connectivity index (χ1n) is 7.22. The van der Waals surface area contributed by atoms with E-state index in [0.717, 1.165) is 16.9 Å². The Bertz CT molecular complexity index is 660. The molecular weight excluding hydrogens is 280 g/mol. The molecule has 0 unspecified atom stereocenters. The van der Waals surface area contributed by atoms with Gasteiger partial charge in [0.1, 0.15) is 0 Å². The fourth-order valence-corrected chi connectivity index (χ4v) is 2.44. The van der Waals surface area contributed by atoms with Crippen molar-refractivity contribution >= 4 is 11.7 Å². The lowest BCUT2D eigenvalue weighted by molar-refractivity contribution is 0.134. The number of ether oxygens (including phenoxy) is 1. The van der Waals surface area contributed by atoms with Gasteiger partial charge in [-0.15, -0.1) is 0 Å². The van der Waals surface area contributed by atoms with Gasteiger partial charge in [0.2, 0.25) is 0 Å². The molecule has 0 spiro atoms. The lowest BCUT2D eigenvalue weighted by Crippen LogP contribution is -2.37. The SMILES string of the molecule is C[C@@H](Cc1cnccn1)NC(=O)Nc1ccc2c(c1)COC2.